The number of sulfone groups is 1. The third-order valence-electron chi connectivity index (χ3n) is 3.50. The lowest BCUT2D eigenvalue weighted by Gasteiger charge is -2.09. The van der Waals surface area contributed by atoms with Gasteiger partial charge in [0.25, 0.3) is 0 Å². The van der Waals surface area contributed by atoms with Gasteiger partial charge in [-0.15, -0.1) is 0 Å². The first-order valence-corrected chi connectivity index (χ1v) is 8.26. The number of aromatic nitrogens is 2. The molecule has 0 bridgehead atoms. The molecule has 102 valence electrons. The van der Waals surface area contributed by atoms with Crippen molar-refractivity contribution in [3.63, 3.8) is 0 Å². The molecule has 0 saturated carbocycles. The summed E-state index contributed by atoms with van der Waals surface area (Å²) < 4.78 is 38.5. The van der Waals surface area contributed by atoms with Crippen molar-refractivity contribution in [2.45, 2.75) is 13.0 Å². The molecule has 0 spiro atoms. The van der Waals surface area contributed by atoms with Gasteiger partial charge in [-0.3, -0.25) is 0 Å². The van der Waals surface area contributed by atoms with Crippen LogP contribution < -0.4 is 0 Å². The number of hydrogen-bond donors (Lipinski definition) is 1. The maximum absolute atomic E-state index is 13.3. The van der Waals surface area contributed by atoms with Gasteiger partial charge in [0, 0.05) is 6.54 Å². The van der Waals surface area contributed by atoms with E-state index < -0.39 is 9.84 Å². The molecule has 1 aliphatic heterocycles. The molecule has 0 amide bonds. The van der Waals surface area contributed by atoms with Gasteiger partial charge < -0.3 is 9.55 Å². The standard InChI is InChI=1S/C12H13FN2O2S2/c13-9-1-2-10-11(5-9)15(12(18)14-10)6-8-3-4-19(16,17)7-8/h1-2,5,8H,3-4,6-7H2,(H,14,18). The van der Waals surface area contributed by atoms with Gasteiger partial charge in [-0.1, -0.05) is 0 Å². The lowest BCUT2D eigenvalue weighted by atomic mass is 10.1. The minimum Gasteiger partial charge on any atom is -0.331 e. The number of fused-ring (bicyclic) bond motifs is 1. The molecule has 1 saturated heterocycles. The van der Waals surface area contributed by atoms with Gasteiger partial charge in [0.1, 0.15) is 5.82 Å². The summed E-state index contributed by atoms with van der Waals surface area (Å²) in [6.07, 6.45) is 0.645. The van der Waals surface area contributed by atoms with Crippen LogP contribution in [-0.2, 0) is 16.4 Å². The first-order chi connectivity index (χ1) is 8.94. The van der Waals surface area contributed by atoms with E-state index in [4.69, 9.17) is 12.2 Å². The zero-order valence-corrected chi connectivity index (χ0v) is 11.7. The van der Waals surface area contributed by atoms with Gasteiger partial charge in [-0.05, 0) is 42.8 Å². The second-order valence-electron chi connectivity index (χ2n) is 4.97. The highest BCUT2D eigenvalue weighted by atomic mass is 32.2. The van der Waals surface area contributed by atoms with Gasteiger partial charge in [-0.2, -0.15) is 0 Å². The van der Waals surface area contributed by atoms with E-state index >= 15 is 0 Å². The molecule has 1 aromatic heterocycles. The van der Waals surface area contributed by atoms with E-state index in [-0.39, 0.29) is 23.2 Å². The minimum absolute atomic E-state index is 0.0546. The number of rotatable bonds is 2. The Labute approximate surface area is 115 Å². The molecule has 2 aromatic rings. The monoisotopic (exact) mass is 300 g/mol. The molecule has 0 radical (unpaired) electrons. The first-order valence-electron chi connectivity index (χ1n) is 6.03. The summed E-state index contributed by atoms with van der Waals surface area (Å²) in [6, 6.07) is 4.44. The van der Waals surface area contributed by atoms with Crippen LogP contribution in [0.3, 0.4) is 0 Å². The van der Waals surface area contributed by atoms with Gasteiger partial charge in [0.05, 0.1) is 22.5 Å². The van der Waals surface area contributed by atoms with E-state index in [9.17, 15) is 12.8 Å². The average Bonchev–Trinajstić information content (AvgIpc) is 2.81. The highest BCUT2D eigenvalue weighted by molar-refractivity contribution is 7.91. The van der Waals surface area contributed by atoms with Crippen molar-refractivity contribution >= 4 is 33.1 Å². The third-order valence-corrected chi connectivity index (χ3v) is 5.66. The minimum atomic E-state index is -2.90. The molecule has 2 heterocycles. The van der Waals surface area contributed by atoms with Crippen LogP contribution >= 0.6 is 12.2 Å². The van der Waals surface area contributed by atoms with Crippen LogP contribution in [-0.4, -0.2) is 29.5 Å². The molecular weight excluding hydrogens is 287 g/mol. The van der Waals surface area contributed by atoms with Crippen LogP contribution in [0.25, 0.3) is 11.0 Å². The van der Waals surface area contributed by atoms with Crippen LogP contribution in [0.5, 0.6) is 0 Å². The fourth-order valence-corrected chi connectivity index (χ4v) is 4.71. The lowest BCUT2D eigenvalue weighted by molar-refractivity contribution is 0.495. The molecule has 4 nitrogen and oxygen atoms in total. The van der Waals surface area contributed by atoms with Gasteiger partial charge >= 0.3 is 0 Å². The highest BCUT2D eigenvalue weighted by Crippen LogP contribution is 2.23. The number of benzene rings is 1. The maximum Gasteiger partial charge on any atom is 0.178 e. The number of aromatic amines is 1. The fourth-order valence-electron chi connectivity index (χ4n) is 2.58. The number of nitrogens with zero attached hydrogens (tertiary/aromatic N) is 1. The lowest BCUT2D eigenvalue weighted by Crippen LogP contribution is -2.12. The van der Waals surface area contributed by atoms with E-state index in [1.807, 2.05) is 0 Å². The Morgan fingerprint density at radius 3 is 2.95 bits per heavy atom. The van der Waals surface area contributed by atoms with E-state index in [2.05, 4.69) is 4.98 Å². The van der Waals surface area contributed by atoms with Gasteiger partial charge in [-0.25, -0.2) is 12.8 Å². The van der Waals surface area contributed by atoms with Crippen molar-refractivity contribution in [1.82, 2.24) is 9.55 Å². The normalized spacial score (nSPS) is 22.1. The van der Waals surface area contributed by atoms with Gasteiger partial charge in [0.2, 0.25) is 0 Å². The average molecular weight is 300 g/mol. The summed E-state index contributed by atoms with van der Waals surface area (Å²) in [6.45, 7) is 0.515. The van der Waals surface area contributed by atoms with E-state index in [0.29, 0.717) is 23.3 Å². The van der Waals surface area contributed by atoms with Crippen molar-refractivity contribution in [3.05, 3.63) is 28.8 Å². The van der Waals surface area contributed by atoms with Crippen LogP contribution in [0, 0.1) is 16.5 Å². The number of H-pyrrole nitrogens is 1. The highest BCUT2D eigenvalue weighted by Gasteiger charge is 2.28. The van der Waals surface area contributed by atoms with E-state index in [0.717, 1.165) is 5.52 Å². The van der Waals surface area contributed by atoms with Crippen LogP contribution in [0.15, 0.2) is 18.2 Å². The molecule has 1 aliphatic rings. The van der Waals surface area contributed by atoms with E-state index in [1.54, 1.807) is 10.6 Å². The van der Waals surface area contributed by atoms with Crippen molar-refractivity contribution in [2.75, 3.05) is 11.5 Å². The Bertz CT molecular complexity index is 792. The summed E-state index contributed by atoms with van der Waals surface area (Å²) in [5, 5.41) is 0. The van der Waals surface area contributed by atoms with Crippen LogP contribution in [0.1, 0.15) is 6.42 Å². The molecular formula is C12H13FN2O2S2. The largest absolute Gasteiger partial charge is 0.331 e. The SMILES string of the molecule is O=S1(=O)CCC(Cn2c(=S)[nH]c3ccc(F)cc32)C1. The molecule has 1 aromatic carbocycles. The predicted octanol–water partition coefficient (Wildman–Crippen LogP) is 2.27. The maximum atomic E-state index is 13.3. The quantitative estimate of drug-likeness (QED) is 0.866. The number of hydrogen-bond acceptors (Lipinski definition) is 3. The molecule has 7 heteroatoms. The summed E-state index contributed by atoms with van der Waals surface area (Å²) in [4.78, 5) is 3.01. The summed E-state index contributed by atoms with van der Waals surface area (Å²) in [7, 11) is -2.90. The Morgan fingerprint density at radius 2 is 2.26 bits per heavy atom. The third kappa shape index (κ3) is 2.44. The second-order valence-corrected chi connectivity index (χ2v) is 7.59. The second kappa shape index (κ2) is 4.42. The Kier molecular flexibility index (Phi) is 2.98. The molecule has 1 fully saturated rings. The zero-order chi connectivity index (χ0) is 13.6. The zero-order valence-electron chi connectivity index (χ0n) is 10.1. The van der Waals surface area contributed by atoms with Crippen LogP contribution in [0.2, 0.25) is 0 Å². The summed E-state index contributed by atoms with van der Waals surface area (Å²) in [5.41, 5.74) is 1.46. The molecule has 3 rings (SSSR count). The number of nitrogens with one attached hydrogen (secondary N) is 1. The number of halogens is 1. The van der Waals surface area contributed by atoms with Crippen molar-refractivity contribution in [3.8, 4) is 0 Å². The van der Waals surface area contributed by atoms with Crippen molar-refractivity contribution in [1.29, 1.82) is 0 Å². The first kappa shape index (κ1) is 12.8. The molecule has 1 unspecified atom stereocenters. The summed E-state index contributed by atoms with van der Waals surface area (Å²) in [5.74, 6) is 0.159. The molecule has 19 heavy (non-hydrogen) atoms. The smallest absolute Gasteiger partial charge is 0.178 e. The Hall–Kier alpha value is -1.21. The van der Waals surface area contributed by atoms with E-state index in [1.165, 1.54) is 12.1 Å². The number of imidazole rings is 1. The van der Waals surface area contributed by atoms with Crippen LogP contribution in [0.4, 0.5) is 4.39 Å². The fraction of sp³-hybridized carbons (Fsp3) is 0.417. The molecule has 0 aliphatic carbocycles. The molecule has 1 atom stereocenters. The molecule has 1 N–H and O–H groups in total. The Morgan fingerprint density at radius 1 is 1.47 bits per heavy atom. The van der Waals surface area contributed by atoms with Crippen molar-refractivity contribution < 1.29 is 12.8 Å². The van der Waals surface area contributed by atoms with Gasteiger partial charge in [0.15, 0.2) is 14.6 Å². The van der Waals surface area contributed by atoms with Crippen molar-refractivity contribution in [2.24, 2.45) is 5.92 Å². The topological polar surface area (TPSA) is 54.9 Å². The Balaban J connectivity index is 1.99. The summed E-state index contributed by atoms with van der Waals surface area (Å²) >= 11 is 5.22. The predicted molar refractivity (Wildman–Crippen MR) is 73.8 cm³/mol.